The average Bonchev–Trinajstić information content (AvgIpc) is 3.04. The zero-order valence-corrected chi connectivity index (χ0v) is 16.9. The summed E-state index contributed by atoms with van der Waals surface area (Å²) in [5.41, 5.74) is 4.20. The number of hydrogen-bond donors (Lipinski definition) is 1. The molecule has 1 aliphatic carbocycles. The number of rotatable bonds is 2. The molecule has 1 heterocycles. The second-order valence-electron chi connectivity index (χ2n) is 8.64. The lowest BCUT2D eigenvalue weighted by molar-refractivity contribution is 0.429. The molecule has 142 valence electrons. The highest BCUT2D eigenvalue weighted by atomic mass is 35.5. The van der Waals surface area contributed by atoms with Gasteiger partial charge in [0.1, 0.15) is 22.5 Å². The number of halogens is 1. The second kappa shape index (κ2) is 6.83. The lowest BCUT2D eigenvalue weighted by Crippen LogP contribution is -2.15. The van der Waals surface area contributed by atoms with Crippen LogP contribution in [0.4, 0.5) is 0 Å². The number of nitrogens with zero attached hydrogens (tertiary/aromatic N) is 3. The molecule has 0 spiro atoms. The largest absolute Gasteiger partial charge is 0.505 e. The van der Waals surface area contributed by atoms with E-state index in [2.05, 4.69) is 43.1 Å². The molecule has 0 bridgehead atoms. The first-order valence-electron chi connectivity index (χ1n) is 9.73. The van der Waals surface area contributed by atoms with E-state index in [4.69, 9.17) is 11.6 Å². The third-order valence-electron chi connectivity index (χ3n) is 5.55. The minimum Gasteiger partial charge on any atom is -0.505 e. The number of phenolic OH excluding ortho intramolecular Hbond substituents is 1. The number of aromatic hydroxyl groups is 1. The van der Waals surface area contributed by atoms with E-state index in [1.165, 1.54) is 37.7 Å². The molecular weight excluding hydrogens is 358 g/mol. The lowest BCUT2D eigenvalue weighted by Gasteiger charge is -2.27. The number of phenols is 1. The van der Waals surface area contributed by atoms with E-state index in [1.807, 2.05) is 12.1 Å². The maximum atomic E-state index is 11.1. The van der Waals surface area contributed by atoms with Crippen LogP contribution in [0.2, 0.25) is 5.02 Å². The summed E-state index contributed by atoms with van der Waals surface area (Å²) in [4.78, 5) is 1.55. The molecule has 5 heteroatoms. The predicted molar refractivity (Wildman–Crippen MR) is 110 cm³/mol. The Bertz CT molecular complexity index is 981. The minimum absolute atomic E-state index is 0.167. The highest BCUT2D eigenvalue weighted by molar-refractivity contribution is 6.31. The van der Waals surface area contributed by atoms with Gasteiger partial charge in [0.25, 0.3) is 0 Å². The molecule has 27 heavy (non-hydrogen) atoms. The molecule has 1 fully saturated rings. The van der Waals surface area contributed by atoms with Gasteiger partial charge in [-0.25, -0.2) is 0 Å². The van der Waals surface area contributed by atoms with Gasteiger partial charge in [0, 0.05) is 10.6 Å². The van der Waals surface area contributed by atoms with Crippen molar-refractivity contribution in [1.82, 2.24) is 15.0 Å². The SMILES string of the molecule is CC(C)(C)c1cc(C2CCCCC2)cc(-n2nc3ccc(Cl)cc3n2)c1O. The Labute approximate surface area is 165 Å². The summed E-state index contributed by atoms with van der Waals surface area (Å²) >= 11 is 6.09. The smallest absolute Gasteiger partial charge is 0.146 e. The van der Waals surface area contributed by atoms with Gasteiger partial charge < -0.3 is 5.11 Å². The summed E-state index contributed by atoms with van der Waals surface area (Å²) < 4.78 is 0. The van der Waals surface area contributed by atoms with Crippen molar-refractivity contribution in [2.24, 2.45) is 0 Å². The van der Waals surface area contributed by atoms with E-state index in [-0.39, 0.29) is 11.2 Å². The molecule has 0 unspecified atom stereocenters. The summed E-state index contributed by atoms with van der Waals surface area (Å²) in [6.07, 6.45) is 6.28. The van der Waals surface area contributed by atoms with Crippen LogP contribution in [0.25, 0.3) is 16.7 Å². The Balaban J connectivity index is 1.89. The quantitative estimate of drug-likeness (QED) is 0.579. The molecule has 1 aromatic heterocycles. The van der Waals surface area contributed by atoms with E-state index in [9.17, 15) is 5.11 Å². The summed E-state index contributed by atoms with van der Waals surface area (Å²) in [7, 11) is 0. The molecule has 0 amide bonds. The Hall–Kier alpha value is -2.07. The fourth-order valence-corrected chi connectivity index (χ4v) is 4.20. The summed E-state index contributed by atoms with van der Waals surface area (Å²) in [5, 5.41) is 20.8. The van der Waals surface area contributed by atoms with Crippen molar-refractivity contribution >= 4 is 22.6 Å². The number of aromatic nitrogens is 3. The number of fused-ring (bicyclic) bond motifs is 1. The Kier molecular flexibility index (Phi) is 4.63. The molecular formula is C22H26ClN3O. The fraction of sp³-hybridized carbons (Fsp3) is 0.455. The van der Waals surface area contributed by atoms with Crippen LogP contribution in [0, 0.1) is 0 Å². The van der Waals surface area contributed by atoms with E-state index in [0.717, 1.165) is 16.6 Å². The zero-order valence-electron chi connectivity index (χ0n) is 16.2. The van der Waals surface area contributed by atoms with Gasteiger partial charge in [-0.15, -0.1) is 15.0 Å². The van der Waals surface area contributed by atoms with Crippen LogP contribution in [0.15, 0.2) is 30.3 Å². The summed E-state index contributed by atoms with van der Waals surface area (Å²) in [6, 6.07) is 9.72. The van der Waals surface area contributed by atoms with E-state index < -0.39 is 0 Å². The van der Waals surface area contributed by atoms with Crippen molar-refractivity contribution in [2.45, 2.75) is 64.2 Å². The molecule has 4 nitrogen and oxygen atoms in total. The van der Waals surface area contributed by atoms with Crippen molar-refractivity contribution in [3.63, 3.8) is 0 Å². The standard InChI is InChI=1S/C22H26ClN3O/c1-22(2,3)17-11-15(14-7-5-4-6-8-14)12-20(21(17)27)26-24-18-10-9-16(23)13-19(18)25-26/h9-14,27H,4-8H2,1-3H3. The Morgan fingerprint density at radius 3 is 2.41 bits per heavy atom. The van der Waals surface area contributed by atoms with Gasteiger partial charge in [-0.05, 0) is 54.0 Å². The van der Waals surface area contributed by atoms with Gasteiger partial charge in [0.15, 0.2) is 0 Å². The molecule has 1 aliphatic rings. The van der Waals surface area contributed by atoms with Gasteiger partial charge in [-0.3, -0.25) is 0 Å². The average molecular weight is 384 g/mol. The van der Waals surface area contributed by atoms with Crippen LogP contribution in [0.1, 0.15) is 69.9 Å². The third-order valence-corrected chi connectivity index (χ3v) is 5.79. The minimum atomic E-state index is -0.167. The molecule has 1 saturated carbocycles. The van der Waals surface area contributed by atoms with Crippen LogP contribution in [-0.4, -0.2) is 20.1 Å². The van der Waals surface area contributed by atoms with E-state index >= 15 is 0 Å². The second-order valence-corrected chi connectivity index (χ2v) is 9.08. The first-order valence-corrected chi connectivity index (χ1v) is 10.1. The molecule has 0 aliphatic heterocycles. The van der Waals surface area contributed by atoms with Crippen LogP contribution < -0.4 is 0 Å². The summed E-state index contributed by atoms with van der Waals surface area (Å²) in [5.74, 6) is 0.798. The molecule has 1 N–H and O–H groups in total. The maximum absolute atomic E-state index is 11.1. The van der Waals surface area contributed by atoms with Crippen LogP contribution in [0.3, 0.4) is 0 Å². The Morgan fingerprint density at radius 1 is 1.00 bits per heavy atom. The molecule has 2 aromatic carbocycles. The monoisotopic (exact) mass is 383 g/mol. The normalized spacial score (nSPS) is 16.1. The van der Waals surface area contributed by atoms with Gasteiger partial charge in [-0.1, -0.05) is 57.7 Å². The van der Waals surface area contributed by atoms with Crippen LogP contribution in [0.5, 0.6) is 5.75 Å². The zero-order chi connectivity index (χ0) is 19.2. The molecule has 3 aromatic rings. The first-order chi connectivity index (χ1) is 12.8. The van der Waals surface area contributed by atoms with Gasteiger partial charge >= 0.3 is 0 Å². The van der Waals surface area contributed by atoms with Gasteiger partial charge in [-0.2, -0.15) is 0 Å². The van der Waals surface area contributed by atoms with E-state index in [0.29, 0.717) is 16.6 Å². The van der Waals surface area contributed by atoms with Crippen LogP contribution >= 0.6 is 11.6 Å². The van der Waals surface area contributed by atoms with Gasteiger partial charge in [0.2, 0.25) is 0 Å². The van der Waals surface area contributed by atoms with Crippen molar-refractivity contribution in [2.75, 3.05) is 0 Å². The molecule has 0 radical (unpaired) electrons. The van der Waals surface area contributed by atoms with Crippen molar-refractivity contribution in [1.29, 1.82) is 0 Å². The molecule has 0 saturated heterocycles. The van der Waals surface area contributed by atoms with Crippen molar-refractivity contribution in [3.8, 4) is 11.4 Å². The van der Waals surface area contributed by atoms with Crippen molar-refractivity contribution in [3.05, 3.63) is 46.5 Å². The topological polar surface area (TPSA) is 50.9 Å². The maximum Gasteiger partial charge on any atom is 0.146 e. The fourth-order valence-electron chi connectivity index (χ4n) is 4.03. The highest BCUT2D eigenvalue weighted by Crippen LogP contribution is 2.41. The molecule has 0 atom stereocenters. The van der Waals surface area contributed by atoms with Crippen molar-refractivity contribution < 1.29 is 5.11 Å². The van der Waals surface area contributed by atoms with Gasteiger partial charge in [0.05, 0.1) is 0 Å². The number of benzene rings is 2. The highest BCUT2D eigenvalue weighted by Gasteiger charge is 2.26. The number of hydrogen-bond acceptors (Lipinski definition) is 3. The molecule has 4 rings (SSSR count). The Morgan fingerprint density at radius 2 is 1.70 bits per heavy atom. The predicted octanol–water partition coefficient (Wildman–Crippen LogP) is 6.12. The first kappa shape index (κ1) is 18.3. The van der Waals surface area contributed by atoms with E-state index in [1.54, 1.807) is 10.9 Å². The lowest BCUT2D eigenvalue weighted by atomic mass is 9.79. The third kappa shape index (κ3) is 3.55. The van der Waals surface area contributed by atoms with Crippen LogP contribution in [-0.2, 0) is 5.41 Å². The summed E-state index contributed by atoms with van der Waals surface area (Å²) in [6.45, 7) is 6.38.